The zero-order valence-electron chi connectivity index (χ0n) is 10.4. The standard InChI is InChI=1S/C13H19N3S/c1-9(2)12-11(15-16-13(12)14)7-3-5-10-6-4-8-17-10/h4,6,8-9H,3,5,7H2,1-2H3,(H3,14,15,16). The maximum Gasteiger partial charge on any atom is 0.148 e. The summed E-state index contributed by atoms with van der Waals surface area (Å²) in [6.07, 6.45) is 3.30. The van der Waals surface area contributed by atoms with E-state index in [2.05, 4.69) is 41.6 Å². The number of nitrogens with zero attached hydrogens (tertiary/aromatic N) is 1. The highest BCUT2D eigenvalue weighted by atomic mass is 32.1. The SMILES string of the molecule is CC(C)c1c(N)n[nH]c1CCCc1cccs1. The van der Waals surface area contributed by atoms with E-state index >= 15 is 0 Å². The van der Waals surface area contributed by atoms with E-state index in [1.807, 2.05) is 11.3 Å². The molecule has 3 nitrogen and oxygen atoms in total. The van der Waals surface area contributed by atoms with E-state index in [1.165, 1.54) is 16.1 Å². The van der Waals surface area contributed by atoms with Gasteiger partial charge in [0.25, 0.3) is 0 Å². The van der Waals surface area contributed by atoms with Crippen molar-refractivity contribution in [2.24, 2.45) is 0 Å². The van der Waals surface area contributed by atoms with E-state index in [0.717, 1.165) is 19.3 Å². The topological polar surface area (TPSA) is 54.7 Å². The van der Waals surface area contributed by atoms with Crippen molar-refractivity contribution in [3.05, 3.63) is 33.6 Å². The van der Waals surface area contributed by atoms with Gasteiger partial charge in [-0.3, -0.25) is 5.10 Å². The number of hydrogen-bond acceptors (Lipinski definition) is 3. The van der Waals surface area contributed by atoms with Crippen molar-refractivity contribution in [3.8, 4) is 0 Å². The minimum absolute atomic E-state index is 0.436. The average molecular weight is 249 g/mol. The van der Waals surface area contributed by atoms with Crippen molar-refractivity contribution in [2.45, 2.75) is 39.0 Å². The van der Waals surface area contributed by atoms with Crippen LogP contribution in [0.2, 0.25) is 0 Å². The molecule has 0 radical (unpaired) electrons. The van der Waals surface area contributed by atoms with Crippen molar-refractivity contribution < 1.29 is 0 Å². The average Bonchev–Trinajstić information content (AvgIpc) is 2.88. The molecule has 0 unspecified atom stereocenters. The van der Waals surface area contributed by atoms with E-state index in [9.17, 15) is 0 Å². The maximum absolute atomic E-state index is 5.87. The second-order valence-electron chi connectivity index (χ2n) is 4.59. The van der Waals surface area contributed by atoms with Gasteiger partial charge in [-0.25, -0.2) is 0 Å². The number of rotatable bonds is 5. The summed E-state index contributed by atoms with van der Waals surface area (Å²) in [5.41, 5.74) is 8.26. The van der Waals surface area contributed by atoms with Gasteiger partial charge in [0.15, 0.2) is 0 Å². The molecule has 0 saturated carbocycles. The number of nitrogen functional groups attached to an aromatic ring is 1. The van der Waals surface area contributed by atoms with Crippen LogP contribution in [0.4, 0.5) is 5.82 Å². The second-order valence-corrected chi connectivity index (χ2v) is 5.62. The minimum atomic E-state index is 0.436. The van der Waals surface area contributed by atoms with Crippen LogP contribution in [0, 0.1) is 0 Å². The molecular formula is C13H19N3S. The predicted molar refractivity (Wildman–Crippen MR) is 73.4 cm³/mol. The summed E-state index contributed by atoms with van der Waals surface area (Å²) in [5.74, 6) is 1.09. The highest BCUT2D eigenvalue weighted by molar-refractivity contribution is 7.09. The van der Waals surface area contributed by atoms with Crippen LogP contribution >= 0.6 is 11.3 Å². The van der Waals surface area contributed by atoms with Crippen molar-refractivity contribution in [2.75, 3.05) is 5.73 Å². The molecule has 0 amide bonds. The molecule has 17 heavy (non-hydrogen) atoms. The van der Waals surface area contributed by atoms with Gasteiger partial charge in [-0.1, -0.05) is 19.9 Å². The molecule has 0 aliphatic heterocycles. The van der Waals surface area contributed by atoms with Crippen LogP contribution in [-0.2, 0) is 12.8 Å². The van der Waals surface area contributed by atoms with Crippen LogP contribution in [0.3, 0.4) is 0 Å². The Bertz CT molecular complexity index is 457. The van der Waals surface area contributed by atoms with E-state index in [0.29, 0.717) is 11.7 Å². The summed E-state index contributed by atoms with van der Waals surface area (Å²) in [5, 5.41) is 9.30. The Hall–Kier alpha value is -1.29. The van der Waals surface area contributed by atoms with Crippen molar-refractivity contribution in [1.82, 2.24) is 10.2 Å². The molecule has 0 aromatic carbocycles. The van der Waals surface area contributed by atoms with Gasteiger partial charge in [-0.05, 0) is 36.6 Å². The molecule has 0 saturated heterocycles. The number of nitrogens with one attached hydrogen (secondary N) is 1. The third kappa shape index (κ3) is 2.88. The Labute approximate surface area is 106 Å². The lowest BCUT2D eigenvalue weighted by molar-refractivity contribution is 0.771. The Morgan fingerprint density at radius 2 is 2.24 bits per heavy atom. The Balaban J connectivity index is 1.95. The predicted octanol–water partition coefficient (Wildman–Crippen LogP) is 3.35. The van der Waals surface area contributed by atoms with Crippen LogP contribution < -0.4 is 5.73 Å². The van der Waals surface area contributed by atoms with E-state index in [1.54, 1.807) is 0 Å². The molecule has 0 atom stereocenters. The number of H-pyrrole nitrogens is 1. The number of aromatic nitrogens is 2. The molecular weight excluding hydrogens is 230 g/mol. The molecule has 4 heteroatoms. The molecule has 92 valence electrons. The van der Waals surface area contributed by atoms with Crippen molar-refractivity contribution in [1.29, 1.82) is 0 Å². The lowest BCUT2D eigenvalue weighted by Gasteiger charge is -2.06. The summed E-state index contributed by atoms with van der Waals surface area (Å²) < 4.78 is 0. The normalized spacial score (nSPS) is 11.2. The molecule has 2 heterocycles. The zero-order valence-corrected chi connectivity index (χ0v) is 11.2. The molecule has 2 aromatic heterocycles. The van der Waals surface area contributed by atoms with Crippen LogP contribution in [-0.4, -0.2) is 10.2 Å². The summed E-state index contributed by atoms with van der Waals surface area (Å²) in [6.45, 7) is 4.31. The first-order valence-electron chi connectivity index (χ1n) is 6.03. The number of nitrogens with two attached hydrogens (primary N) is 1. The lowest BCUT2D eigenvalue weighted by atomic mass is 10.00. The lowest BCUT2D eigenvalue weighted by Crippen LogP contribution is -1.98. The third-order valence-corrected chi connectivity index (χ3v) is 3.86. The fourth-order valence-corrected chi connectivity index (χ4v) is 2.88. The highest BCUT2D eigenvalue weighted by Crippen LogP contribution is 2.24. The highest BCUT2D eigenvalue weighted by Gasteiger charge is 2.13. The van der Waals surface area contributed by atoms with Gasteiger partial charge >= 0.3 is 0 Å². The van der Waals surface area contributed by atoms with Gasteiger partial charge in [0.2, 0.25) is 0 Å². The van der Waals surface area contributed by atoms with Crippen molar-refractivity contribution in [3.63, 3.8) is 0 Å². The quantitative estimate of drug-likeness (QED) is 0.853. The summed E-state index contributed by atoms with van der Waals surface area (Å²) >= 11 is 1.82. The van der Waals surface area contributed by atoms with E-state index in [4.69, 9.17) is 5.73 Å². The third-order valence-electron chi connectivity index (χ3n) is 2.92. The molecule has 3 N–H and O–H groups in total. The number of anilines is 1. The van der Waals surface area contributed by atoms with Crippen LogP contribution in [0.25, 0.3) is 0 Å². The van der Waals surface area contributed by atoms with Crippen LogP contribution in [0.15, 0.2) is 17.5 Å². The summed E-state index contributed by atoms with van der Waals surface area (Å²) in [4.78, 5) is 1.45. The Morgan fingerprint density at radius 3 is 2.88 bits per heavy atom. The van der Waals surface area contributed by atoms with Gasteiger partial charge < -0.3 is 5.73 Å². The van der Waals surface area contributed by atoms with Crippen molar-refractivity contribution >= 4 is 17.2 Å². The van der Waals surface area contributed by atoms with Gasteiger partial charge in [0.1, 0.15) is 5.82 Å². The molecule has 0 aliphatic rings. The van der Waals surface area contributed by atoms with Gasteiger partial charge in [-0.15, -0.1) is 11.3 Å². The molecule has 0 bridgehead atoms. The largest absolute Gasteiger partial charge is 0.382 e. The van der Waals surface area contributed by atoms with E-state index in [-0.39, 0.29) is 0 Å². The van der Waals surface area contributed by atoms with Gasteiger partial charge in [0, 0.05) is 16.1 Å². The molecule has 0 spiro atoms. The zero-order chi connectivity index (χ0) is 12.3. The number of thiophene rings is 1. The Morgan fingerprint density at radius 1 is 1.41 bits per heavy atom. The fraction of sp³-hybridized carbons (Fsp3) is 0.462. The van der Waals surface area contributed by atoms with E-state index < -0.39 is 0 Å². The maximum atomic E-state index is 5.87. The minimum Gasteiger partial charge on any atom is -0.382 e. The van der Waals surface area contributed by atoms with Gasteiger partial charge in [-0.2, -0.15) is 5.10 Å². The van der Waals surface area contributed by atoms with Crippen LogP contribution in [0.5, 0.6) is 0 Å². The summed E-state index contributed by atoms with van der Waals surface area (Å²) in [6, 6.07) is 4.29. The second kappa shape index (κ2) is 5.36. The monoisotopic (exact) mass is 249 g/mol. The summed E-state index contributed by atoms with van der Waals surface area (Å²) in [7, 11) is 0. The van der Waals surface area contributed by atoms with Gasteiger partial charge in [0.05, 0.1) is 0 Å². The first-order valence-corrected chi connectivity index (χ1v) is 6.91. The number of hydrogen-bond donors (Lipinski definition) is 2. The Kier molecular flexibility index (Phi) is 3.84. The fourth-order valence-electron chi connectivity index (χ4n) is 2.13. The number of aromatic amines is 1. The number of aryl methyl sites for hydroxylation is 2. The molecule has 0 aliphatic carbocycles. The molecule has 2 aromatic rings. The first kappa shape index (κ1) is 12.2. The first-order chi connectivity index (χ1) is 8.18. The molecule has 0 fully saturated rings. The molecule has 2 rings (SSSR count). The smallest absolute Gasteiger partial charge is 0.148 e. The van der Waals surface area contributed by atoms with Crippen LogP contribution in [0.1, 0.15) is 42.3 Å².